The van der Waals surface area contributed by atoms with Crippen molar-refractivity contribution in [3.63, 3.8) is 0 Å². The number of allylic oxidation sites excluding steroid dienone is 2. The smallest absolute Gasteiger partial charge is 0.163 e. The molecule has 6 heteroatoms. The summed E-state index contributed by atoms with van der Waals surface area (Å²) in [6.45, 7) is 13.7. The van der Waals surface area contributed by atoms with Crippen LogP contribution in [0.5, 0.6) is 11.5 Å². The molecular weight excluding hydrogens is 673 g/mol. The normalized spacial score (nSPS) is 43.3. The van der Waals surface area contributed by atoms with E-state index in [1.54, 1.807) is 18.2 Å². The maximum Gasteiger partial charge on any atom is 0.163 e. The number of hydrogen-bond acceptors (Lipinski definition) is 6. The van der Waals surface area contributed by atoms with Gasteiger partial charge in [-0.05, 0) is 153 Å². The summed E-state index contributed by atoms with van der Waals surface area (Å²) in [7, 11) is 0. The third kappa shape index (κ3) is 4.90. The Morgan fingerprint density at radius 3 is 2.26 bits per heavy atom. The van der Waals surface area contributed by atoms with E-state index < -0.39 is 17.1 Å². The minimum absolute atomic E-state index is 0.00583. The van der Waals surface area contributed by atoms with Crippen LogP contribution in [0.15, 0.2) is 59.7 Å². The lowest BCUT2D eigenvalue weighted by Crippen LogP contribution is -2.66. The second-order valence-corrected chi connectivity index (χ2v) is 20.4. The Balaban J connectivity index is 1.000. The maximum atomic E-state index is 14.8. The topological polar surface area (TPSA) is 107 Å². The number of ketones is 2. The average molecular weight is 735 g/mol. The van der Waals surface area contributed by atoms with Crippen LogP contribution in [-0.2, 0) is 14.3 Å². The molecule has 2 aromatic carbocycles. The van der Waals surface area contributed by atoms with Gasteiger partial charge in [0.1, 0.15) is 23.4 Å². The average Bonchev–Trinajstić information content (AvgIpc) is 3.46. The van der Waals surface area contributed by atoms with Crippen molar-refractivity contribution >= 4 is 11.6 Å². The van der Waals surface area contributed by atoms with Crippen molar-refractivity contribution in [1.82, 2.24) is 0 Å². The highest BCUT2D eigenvalue weighted by atomic mass is 16.6. The number of carbonyl (C=O) groups excluding carboxylic acids is 2. The number of benzene rings is 2. The van der Waals surface area contributed by atoms with Crippen molar-refractivity contribution in [2.45, 2.75) is 148 Å². The summed E-state index contributed by atoms with van der Waals surface area (Å²) < 4.78 is 6.47. The molecule has 5 saturated carbocycles. The minimum atomic E-state index is -0.650. The van der Waals surface area contributed by atoms with Crippen LogP contribution in [-0.4, -0.2) is 44.7 Å². The zero-order valence-electron chi connectivity index (χ0n) is 33.4. The molecule has 6 fully saturated rings. The molecule has 0 radical (unpaired) electrons. The molecule has 1 heterocycles. The number of fused-ring (bicyclic) bond motifs is 2. The number of epoxide rings is 1. The SMILES string of the molecule is C[C@H](C[C@@H](O)[C@H]1O[C@]1(C)[C@@H]1CCC[C@@H]1c1cccc(O)c1)C1=C2CC[C@@H]3[C@]4(C)C[C@@H](c5cccc(O)c5)C(=O)C(C)(C)[C@@H]4CC[C@@]34CCC[C@H](C1=O)[C@@]24C. The van der Waals surface area contributed by atoms with E-state index in [-0.39, 0.29) is 57.7 Å². The van der Waals surface area contributed by atoms with Crippen LogP contribution in [0.3, 0.4) is 0 Å². The van der Waals surface area contributed by atoms with Crippen LogP contribution in [0.2, 0.25) is 0 Å². The van der Waals surface area contributed by atoms with Crippen molar-refractivity contribution in [3.05, 3.63) is 70.8 Å². The summed E-state index contributed by atoms with van der Waals surface area (Å²) in [4.78, 5) is 29.2. The Labute approximate surface area is 322 Å². The Hall–Kier alpha value is -2.96. The molecule has 1 spiro atoms. The Morgan fingerprint density at radius 2 is 1.54 bits per heavy atom. The molecule has 13 atom stereocenters. The first-order chi connectivity index (χ1) is 25.6. The van der Waals surface area contributed by atoms with E-state index in [1.165, 1.54) is 5.57 Å². The predicted molar refractivity (Wildman–Crippen MR) is 209 cm³/mol. The van der Waals surface area contributed by atoms with Gasteiger partial charge in [-0.3, -0.25) is 9.59 Å². The lowest BCUT2D eigenvalue weighted by Gasteiger charge is -2.71. The van der Waals surface area contributed by atoms with Gasteiger partial charge in [-0.15, -0.1) is 0 Å². The predicted octanol–water partition coefficient (Wildman–Crippen LogP) is 9.81. The fourth-order valence-corrected chi connectivity index (χ4v) is 15.6. The standard InChI is InChI=1S/C48H62O6/c1-27(23-37(51)43-47(6,54-43)34-16-9-15-32(34)28-11-7-13-30(49)24-28)40-35-18-19-39-45(4)26-33(29-12-8-14-31(50)25-29)42(53)44(2,3)38(45)20-22-48(39)21-10-17-36(41(40)52)46(35,48)5/h7-8,11-14,24-25,27,32-34,36-39,43,49-51H,9-10,15-23,26H2,1-6H3/t27-,32-,33+,34-,36-,37-,38+,39-,43-,45-,46-,47-,48+/m1/s1. The van der Waals surface area contributed by atoms with Crippen LogP contribution >= 0.6 is 0 Å². The Kier molecular flexibility index (Phi) is 8.33. The van der Waals surface area contributed by atoms with E-state index >= 15 is 0 Å². The summed E-state index contributed by atoms with van der Waals surface area (Å²) in [6, 6.07) is 15.0. The Morgan fingerprint density at radius 1 is 0.833 bits per heavy atom. The van der Waals surface area contributed by atoms with Crippen molar-refractivity contribution in [3.8, 4) is 11.5 Å². The minimum Gasteiger partial charge on any atom is -0.508 e. The van der Waals surface area contributed by atoms with Gasteiger partial charge in [0.25, 0.3) is 0 Å². The first kappa shape index (κ1) is 36.7. The van der Waals surface area contributed by atoms with Crippen LogP contribution in [0.4, 0.5) is 0 Å². The molecule has 0 amide bonds. The fourth-order valence-electron chi connectivity index (χ4n) is 15.6. The summed E-state index contributed by atoms with van der Waals surface area (Å²) in [5.74, 6) is 2.12. The molecule has 6 aliphatic carbocycles. The molecule has 1 aliphatic heterocycles. The largest absolute Gasteiger partial charge is 0.508 e. The lowest BCUT2D eigenvalue weighted by molar-refractivity contribution is -0.206. The quantitative estimate of drug-likeness (QED) is 0.245. The highest BCUT2D eigenvalue weighted by molar-refractivity contribution is 6.02. The van der Waals surface area contributed by atoms with E-state index in [0.29, 0.717) is 35.6 Å². The molecular formula is C48H62O6. The number of phenols is 2. The molecule has 3 N–H and O–H groups in total. The van der Waals surface area contributed by atoms with E-state index in [0.717, 1.165) is 87.3 Å². The monoisotopic (exact) mass is 734 g/mol. The molecule has 7 aliphatic rings. The molecule has 0 aromatic heterocycles. The number of aliphatic hydroxyl groups is 1. The first-order valence-corrected chi connectivity index (χ1v) is 21.3. The summed E-state index contributed by atoms with van der Waals surface area (Å²) in [5, 5.41) is 32.5. The number of phenolic OH excluding ortho intramolecular Hbond substituents is 2. The van der Waals surface area contributed by atoms with E-state index in [1.807, 2.05) is 24.3 Å². The molecule has 9 rings (SSSR count). The summed E-state index contributed by atoms with van der Waals surface area (Å²) >= 11 is 0. The highest BCUT2D eigenvalue weighted by Crippen LogP contribution is 2.78. The van der Waals surface area contributed by atoms with Gasteiger partial charge in [-0.2, -0.15) is 0 Å². The summed E-state index contributed by atoms with van der Waals surface area (Å²) in [6.07, 6.45) is 10.8. The molecule has 0 unspecified atom stereocenters. The molecule has 0 bridgehead atoms. The van der Waals surface area contributed by atoms with E-state index in [4.69, 9.17) is 4.74 Å². The van der Waals surface area contributed by atoms with Gasteiger partial charge in [0.15, 0.2) is 5.78 Å². The number of aliphatic hydroxyl groups excluding tert-OH is 1. The number of aromatic hydroxyl groups is 2. The third-order valence-electron chi connectivity index (χ3n) is 17.8. The molecule has 6 nitrogen and oxygen atoms in total. The van der Waals surface area contributed by atoms with Crippen LogP contribution in [0.1, 0.15) is 142 Å². The van der Waals surface area contributed by atoms with Crippen LogP contribution in [0.25, 0.3) is 0 Å². The Bertz CT molecular complexity index is 1910. The number of Topliss-reactive ketones (excluding diaryl/α,β-unsaturated/α-hetero) is 2. The van der Waals surface area contributed by atoms with Crippen molar-refractivity contribution < 1.29 is 29.6 Å². The van der Waals surface area contributed by atoms with Crippen molar-refractivity contribution in [1.29, 1.82) is 0 Å². The zero-order chi connectivity index (χ0) is 38.2. The van der Waals surface area contributed by atoms with Gasteiger partial charge in [0.2, 0.25) is 0 Å². The van der Waals surface area contributed by atoms with Gasteiger partial charge < -0.3 is 20.1 Å². The van der Waals surface area contributed by atoms with Gasteiger partial charge in [0.05, 0.1) is 11.7 Å². The third-order valence-corrected chi connectivity index (χ3v) is 17.8. The lowest BCUT2D eigenvalue weighted by atomic mass is 9.32. The van der Waals surface area contributed by atoms with Crippen LogP contribution < -0.4 is 0 Å². The van der Waals surface area contributed by atoms with Crippen molar-refractivity contribution in [2.24, 2.45) is 51.2 Å². The van der Waals surface area contributed by atoms with Crippen LogP contribution in [0, 0.1) is 51.2 Å². The summed E-state index contributed by atoms with van der Waals surface area (Å²) in [5.41, 5.74) is 3.34. The number of carbonyl (C=O) groups is 2. The van der Waals surface area contributed by atoms with E-state index in [2.05, 4.69) is 47.6 Å². The zero-order valence-corrected chi connectivity index (χ0v) is 33.4. The number of rotatable bonds is 7. The molecule has 1 saturated heterocycles. The van der Waals surface area contributed by atoms with Gasteiger partial charge in [-0.25, -0.2) is 0 Å². The maximum absolute atomic E-state index is 14.8. The molecule has 54 heavy (non-hydrogen) atoms. The second-order valence-electron chi connectivity index (χ2n) is 20.4. The van der Waals surface area contributed by atoms with Gasteiger partial charge in [-0.1, -0.05) is 77.3 Å². The fraction of sp³-hybridized carbons (Fsp3) is 0.667. The molecule has 290 valence electrons. The second kappa shape index (κ2) is 12.3. The highest BCUT2D eigenvalue weighted by Gasteiger charge is 2.73. The molecule has 2 aromatic rings. The van der Waals surface area contributed by atoms with Crippen molar-refractivity contribution in [2.75, 3.05) is 0 Å². The first-order valence-electron chi connectivity index (χ1n) is 21.3. The van der Waals surface area contributed by atoms with E-state index in [9.17, 15) is 24.9 Å². The van der Waals surface area contributed by atoms with Gasteiger partial charge >= 0.3 is 0 Å². The number of hydrogen-bond donors (Lipinski definition) is 3. The number of ether oxygens (including phenoxy) is 1. The van der Waals surface area contributed by atoms with Gasteiger partial charge in [0, 0.05) is 22.7 Å².